The molecule has 2 aromatic rings. The molecule has 0 spiro atoms. The smallest absolute Gasteiger partial charge is 0.119 e. The average Bonchev–Trinajstić information content (AvgIpc) is 2.76. The van der Waals surface area contributed by atoms with E-state index in [4.69, 9.17) is 9.73 Å². The van der Waals surface area contributed by atoms with Crippen LogP contribution in [-0.4, -0.2) is 12.8 Å². The molecule has 1 aliphatic rings. The summed E-state index contributed by atoms with van der Waals surface area (Å²) < 4.78 is 5.30. The summed E-state index contributed by atoms with van der Waals surface area (Å²) in [6.07, 6.45) is 0. The predicted molar refractivity (Wildman–Crippen MR) is 78.8 cm³/mol. The molecule has 0 radical (unpaired) electrons. The number of aryl methyl sites for hydroxylation is 1. The van der Waals surface area contributed by atoms with Gasteiger partial charge in [0, 0.05) is 5.92 Å². The molecular weight excluding hydrogens is 234 g/mol. The summed E-state index contributed by atoms with van der Waals surface area (Å²) >= 11 is 0. The molecule has 0 aliphatic carbocycles. The Kier molecular flexibility index (Phi) is 2.86. The van der Waals surface area contributed by atoms with Crippen molar-refractivity contribution in [1.29, 1.82) is 0 Å². The van der Waals surface area contributed by atoms with Gasteiger partial charge < -0.3 is 4.74 Å². The van der Waals surface area contributed by atoms with E-state index in [1.807, 2.05) is 12.1 Å². The van der Waals surface area contributed by atoms with E-state index in [-0.39, 0.29) is 0 Å². The number of fused-ring (bicyclic) bond motifs is 1. The fraction of sp³-hybridized carbons (Fsp3) is 0.235. The second-order valence-electron chi connectivity index (χ2n) is 5.01. The van der Waals surface area contributed by atoms with Crippen molar-refractivity contribution in [3.63, 3.8) is 0 Å². The summed E-state index contributed by atoms with van der Waals surface area (Å²) in [6, 6.07) is 14.6. The molecular formula is C17H17NO. The number of hydrogen-bond acceptors (Lipinski definition) is 2. The Morgan fingerprint density at radius 1 is 1.11 bits per heavy atom. The quantitative estimate of drug-likeness (QED) is 0.782. The number of hydrogen-bond donors (Lipinski definition) is 0. The van der Waals surface area contributed by atoms with Gasteiger partial charge in [0.1, 0.15) is 5.75 Å². The maximum absolute atomic E-state index is 5.30. The van der Waals surface area contributed by atoms with Crippen LogP contribution in [0, 0.1) is 6.92 Å². The third kappa shape index (κ3) is 2.03. The van der Waals surface area contributed by atoms with Crippen molar-refractivity contribution in [3.05, 3.63) is 59.2 Å². The van der Waals surface area contributed by atoms with Crippen molar-refractivity contribution < 1.29 is 4.74 Å². The molecule has 1 aliphatic heterocycles. The highest BCUT2D eigenvalue weighted by Crippen LogP contribution is 2.39. The lowest BCUT2D eigenvalue weighted by Crippen LogP contribution is -2.06. The number of benzene rings is 2. The molecule has 2 nitrogen and oxygen atoms in total. The minimum atomic E-state index is 0.312. The van der Waals surface area contributed by atoms with Crippen molar-refractivity contribution in [2.45, 2.75) is 19.8 Å². The number of aliphatic imine (C=N–C) groups is 1. The normalized spacial score (nSPS) is 17.0. The Morgan fingerprint density at radius 3 is 2.68 bits per heavy atom. The molecule has 3 rings (SSSR count). The summed E-state index contributed by atoms with van der Waals surface area (Å²) in [5, 5.41) is 0. The average molecular weight is 251 g/mol. The van der Waals surface area contributed by atoms with Gasteiger partial charge in [0.15, 0.2) is 0 Å². The first-order valence-electron chi connectivity index (χ1n) is 6.52. The molecule has 19 heavy (non-hydrogen) atoms. The highest BCUT2D eigenvalue weighted by Gasteiger charge is 2.24. The minimum Gasteiger partial charge on any atom is -0.497 e. The molecule has 2 heteroatoms. The van der Waals surface area contributed by atoms with E-state index in [2.05, 4.69) is 44.2 Å². The zero-order valence-corrected chi connectivity index (χ0v) is 11.5. The fourth-order valence-corrected chi connectivity index (χ4v) is 2.60. The molecule has 0 saturated heterocycles. The van der Waals surface area contributed by atoms with Crippen LogP contribution in [0.3, 0.4) is 0 Å². The molecule has 0 aromatic heterocycles. The Bertz CT molecular complexity index is 658. The van der Waals surface area contributed by atoms with Crippen LogP contribution in [0.2, 0.25) is 0 Å². The first kappa shape index (κ1) is 12.0. The van der Waals surface area contributed by atoms with Crippen molar-refractivity contribution in [3.8, 4) is 5.75 Å². The maximum Gasteiger partial charge on any atom is 0.119 e. The summed E-state index contributed by atoms with van der Waals surface area (Å²) in [5.41, 5.74) is 5.93. The number of ether oxygens (including phenoxy) is 1. The molecule has 1 heterocycles. The van der Waals surface area contributed by atoms with Gasteiger partial charge in [-0.05, 0) is 36.2 Å². The largest absolute Gasteiger partial charge is 0.497 e. The third-order valence-corrected chi connectivity index (χ3v) is 3.67. The summed E-state index contributed by atoms with van der Waals surface area (Å²) in [6.45, 7) is 4.31. The highest BCUT2D eigenvalue weighted by molar-refractivity contribution is 6.09. The van der Waals surface area contributed by atoms with Crippen LogP contribution < -0.4 is 4.74 Å². The van der Waals surface area contributed by atoms with Gasteiger partial charge >= 0.3 is 0 Å². The van der Waals surface area contributed by atoms with Gasteiger partial charge in [0.05, 0.1) is 18.5 Å². The minimum absolute atomic E-state index is 0.312. The molecule has 1 atom stereocenters. The first-order chi connectivity index (χ1) is 9.19. The third-order valence-electron chi connectivity index (χ3n) is 3.67. The molecule has 96 valence electrons. The van der Waals surface area contributed by atoms with Crippen molar-refractivity contribution in [2.75, 3.05) is 7.11 Å². The van der Waals surface area contributed by atoms with Crippen molar-refractivity contribution in [1.82, 2.24) is 0 Å². The van der Waals surface area contributed by atoms with Crippen LogP contribution in [0.4, 0.5) is 5.69 Å². The SMILES string of the molecule is COc1ccc2c(c1)C(C)C(c1cccc(C)c1)=N2. The Hall–Kier alpha value is -2.09. The zero-order chi connectivity index (χ0) is 13.4. The molecule has 0 N–H and O–H groups in total. The van der Waals surface area contributed by atoms with Crippen LogP contribution >= 0.6 is 0 Å². The van der Waals surface area contributed by atoms with Gasteiger partial charge in [-0.3, -0.25) is 4.99 Å². The highest BCUT2D eigenvalue weighted by atomic mass is 16.5. The molecule has 0 bridgehead atoms. The van der Waals surface area contributed by atoms with Crippen LogP contribution in [0.25, 0.3) is 0 Å². The van der Waals surface area contributed by atoms with Crippen LogP contribution in [-0.2, 0) is 0 Å². The van der Waals surface area contributed by atoms with Crippen molar-refractivity contribution >= 4 is 11.4 Å². The Balaban J connectivity index is 2.04. The van der Waals surface area contributed by atoms with Gasteiger partial charge in [-0.2, -0.15) is 0 Å². The number of rotatable bonds is 2. The van der Waals surface area contributed by atoms with Gasteiger partial charge in [0.25, 0.3) is 0 Å². The lowest BCUT2D eigenvalue weighted by atomic mass is 9.93. The lowest BCUT2D eigenvalue weighted by Gasteiger charge is -2.10. The van der Waals surface area contributed by atoms with Crippen LogP contribution in [0.15, 0.2) is 47.5 Å². The van der Waals surface area contributed by atoms with Gasteiger partial charge in [-0.1, -0.05) is 36.8 Å². The topological polar surface area (TPSA) is 21.6 Å². The zero-order valence-electron chi connectivity index (χ0n) is 11.5. The lowest BCUT2D eigenvalue weighted by molar-refractivity contribution is 0.414. The van der Waals surface area contributed by atoms with Gasteiger partial charge in [-0.15, -0.1) is 0 Å². The van der Waals surface area contributed by atoms with Crippen LogP contribution in [0.5, 0.6) is 5.75 Å². The van der Waals surface area contributed by atoms with E-state index in [0.717, 1.165) is 17.1 Å². The van der Waals surface area contributed by atoms with Gasteiger partial charge in [-0.25, -0.2) is 0 Å². The standard InChI is InChI=1S/C17H17NO/c1-11-5-4-6-13(9-11)17-12(2)15-10-14(19-3)7-8-16(15)18-17/h4-10,12H,1-3H3. The van der Waals surface area contributed by atoms with Gasteiger partial charge in [0.2, 0.25) is 0 Å². The number of nitrogens with zero attached hydrogens (tertiary/aromatic N) is 1. The molecule has 0 saturated carbocycles. The second-order valence-corrected chi connectivity index (χ2v) is 5.01. The monoisotopic (exact) mass is 251 g/mol. The Labute approximate surface area is 113 Å². The second kappa shape index (κ2) is 4.54. The van der Waals surface area contributed by atoms with E-state index in [1.54, 1.807) is 7.11 Å². The maximum atomic E-state index is 5.30. The summed E-state index contributed by atoms with van der Waals surface area (Å²) in [5.74, 6) is 1.21. The Morgan fingerprint density at radius 2 is 1.95 bits per heavy atom. The van der Waals surface area contributed by atoms with E-state index in [9.17, 15) is 0 Å². The molecule has 0 amide bonds. The molecule has 1 unspecified atom stereocenters. The molecule has 0 fully saturated rings. The summed E-state index contributed by atoms with van der Waals surface area (Å²) in [4.78, 5) is 4.78. The van der Waals surface area contributed by atoms with Crippen LogP contribution in [0.1, 0.15) is 29.5 Å². The first-order valence-corrected chi connectivity index (χ1v) is 6.52. The predicted octanol–water partition coefficient (Wildman–Crippen LogP) is 4.24. The van der Waals surface area contributed by atoms with E-state index in [1.165, 1.54) is 16.7 Å². The number of methoxy groups -OCH3 is 1. The fourth-order valence-electron chi connectivity index (χ4n) is 2.60. The summed E-state index contributed by atoms with van der Waals surface area (Å²) in [7, 11) is 1.70. The molecule has 2 aromatic carbocycles. The van der Waals surface area contributed by atoms with E-state index in [0.29, 0.717) is 5.92 Å². The van der Waals surface area contributed by atoms with E-state index >= 15 is 0 Å². The van der Waals surface area contributed by atoms with Crippen molar-refractivity contribution in [2.24, 2.45) is 4.99 Å². The van der Waals surface area contributed by atoms with E-state index < -0.39 is 0 Å².